The molecule has 1 heterocycles. The van der Waals surface area contributed by atoms with Crippen molar-refractivity contribution < 1.29 is 19.1 Å². The molecule has 2 N–H and O–H groups in total. The van der Waals surface area contributed by atoms with Crippen LogP contribution >= 0.6 is 0 Å². The van der Waals surface area contributed by atoms with E-state index in [9.17, 15) is 14.4 Å². The minimum absolute atomic E-state index is 0.117. The van der Waals surface area contributed by atoms with Crippen LogP contribution in [-0.4, -0.2) is 54.6 Å². The monoisotopic (exact) mass is 319 g/mol. The van der Waals surface area contributed by atoms with E-state index in [1.807, 2.05) is 19.9 Å². The topological polar surface area (TPSA) is 87.7 Å². The van der Waals surface area contributed by atoms with E-state index < -0.39 is 5.54 Å². The lowest BCUT2D eigenvalue weighted by atomic mass is 10.0. The van der Waals surface area contributed by atoms with Crippen molar-refractivity contribution in [3.05, 3.63) is 35.9 Å². The van der Waals surface area contributed by atoms with Crippen molar-refractivity contribution in [2.24, 2.45) is 0 Å². The Hall–Kier alpha value is -2.57. The maximum atomic E-state index is 11.9. The van der Waals surface area contributed by atoms with Crippen LogP contribution in [0.4, 0.5) is 4.79 Å². The average Bonchev–Trinajstić information content (AvgIpc) is 2.98. The van der Waals surface area contributed by atoms with Gasteiger partial charge in [-0.05, 0) is 26.0 Å². The van der Waals surface area contributed by atoms with Crippen LogP contribution in [0.3, 0.4) is 0 Å². The van der Waals surface area contributed by atoms with Crippen LogP contribution in [0.15, 0.2) is 30.3 Å². The van der Waals surface area contributed by atoms with Crippen molar-refractivity contribution in [3.63, 3.8) is 0 Å². The molecule has 124 valence electrons. The fourth-order valence-electron chi connectivity index (χ4n) is 2.27. The molecule has 0 unspecified atom stereocenters. The van der Waals surface area contributed by atoms with Crippen LogP contribution in [0.5, 0.6) is 0 Å². The summed E-state index contributed by atoms with van der Waals surface area (Å²) in [6.45, 7) is 4.73. The van der Waals surface area contributed by atoms with Crippen molar-refractivity contribution in [2.45, 2.75) is 19.4 Å². The highest BCUT2D eigenvalue weighted by molar-refractivity contribution is 5.96. The summed E-state index contributed by atoms with van der Waals surface area (Å²) in [5, 5.41) is 5.28. The number of hydrogen-bond donors (Lipinski definition) is 2. The molecule has 1 aliphatic rings. The molecule has 0 spiro atoms. The van der Waals surface area contributed by atoms with E-state index >= 15 is 0 Å². The molecule has 1 aromatic carbocycles. The number of nitrogens with zero attached hydrogens (tertiary/aromatic N) is 1. The Morgan fingerprint density at radius 2 is 1.91 bits per heavy atom. The number of carbonyl (C=O) groups is 3. The Bertz CT molecular complexity index is 586. The molecule has 23 heavy (non-hydrogen) atoms. The fraction of sp³-hybridized carbons (Fsp3) is 0.438. The Labute approximate surface area is 135 Å². The molecular formula is C16H21N3O4. The van der Waals surface area contributed by atoms with E-state index in [1.54, 1.807) is 29.2 Å². The number of carbonyl (C=O) groups excluding carboxylic acids is 3. The average molecular weight is 319 g/mol. The van der Waals surface area contributed by atoms with Crippen molar-refractivity contribution in [1.29, 1.82) is 0 Å². The van der Waals surface area contributed by atoms with Crippen LogP contribution in [0.1, 0.15) is 24.2 Å². The quantitative estimate of drug-likeness (QED) is 0.810. The van der Waals surface area contributed by atoms with Gasteiger partial charge < -0.3 is 15.4 Å². The molecule has 1 aliphatic heterocycles. The summed E-state index contributed by atoms with van der Waals surface area (Å²) in [5.41, 5.74) is -0.0485. The van der Waals surface area contributed by atoms with E-state index in [0.717, 1.165) is 0 Å². The summed E-state index contributed by atoms with van der Waals surface area (Å²) >= 11 is 0. The summed E-state index contributed by atoms with van der Waals surface area (Å²) < 4.78 is 4.90. The molecule has 1 saturated heterocycles. The first-order chi connectivity index (χ1) is 10.9. The minimum Gasteiger partial charge on any atom is -0.448 e. The largest absolute Gasteiger partial charge is 0.448 e. The summed E-state index contributed by atoms with van der Waals surface area (Å²) in [5.74, 6) is -0.613. The van der Waals surface area contributed by atoms with E-state index in [0.29, 0.717) is 18.7 Å². The van der Waals surface area contributed by atoms with Crippen LogP contribution < -0.4 is 10.6 Å². The highest BCUT2D eigenvalue weighted by atomic mass is 16.6. The van der Waals surface area contributed by atoms with Gasteiger partial charge in [0.05, 0.1) is 18.6 Å². The van der Waals surface area contributed by atoms with Crippen molar-refractivity contribution >= 4 is 17.9 Å². The Balaban J connectivity index is 1.77. The molecule has 1 fully saturated rings. The molecular weight excluding hydrogens is 298 g/mol. The zero-order valence-corrected chi connectivity index (χ0v) is 13.3. The van der Waals surface area contributed by atoms with Crippen molar-refractivity contribution in [2.75, 3.05) is 26.2 Å². The fourth-order valence-corrected chi connectivity index (χ4v) is 2.27. The van der Waals surface area contributed by atoms with E-state index in [-0.39, 0.29) is 31.0 Å². The highest BCUT2D eigenvalue weighted by Crippen LogP contribution is 2.18. The molecule has 3 amide bonds. The summed E-state index contributed by atoms with van der Waals surface area (Å²) in [6, 6.07) is 8.68. The standard InChI is InChI=1S/C16H21N3O4/c1-16(2,19-8-9-23-15(19)22)11-18-13(20)10-17-14(21)12-6-4-3-5-7-12/h3-7H,8-11H2,1-2H3,(H,17,21)(H,18,20). The number of nitrogens with one attached hydrogen (secondary N) is 2. The van der Waals surface area contributed by atoms with Gasteiger partial charge in [0.15, 0.2) is 0 Å². The third-order valence-corrected chi connectivity index (χ3v) is 3.66. The summed E-state index contributed by atoms with van der Waals surface area (Å²) in [4.78, 5) is 36.9. The highest BCUT2D eigenvalue weighted by Gasteiger charge is 2.35. The zero-order valence-electron chi connectivity index (χ0n) is 13.3. The van der Waals surface area contributed by atoms with Crippen LogP contribution in [-0.2, 0) is 9.53 Å². The Morgan fingerprint density at radius 3 is 2.52 bits per heavy atom. The van der Waals surface area contributed by atoms with Crippen molar-refractivity contribution in [1.82, 2.24) is 15.5 Å². The third kappa shape index (κ3) is 4.45. The van der Waals surface area contributed by atoms with Crippen LogP contribution in [0.2, 0.25) is 0 Å². The normalized spacial score (nSPS) is 14.3. The molecule has 0 radical (unpaired) electrons. The van der Waals surface area contributed by atoms with Crippen LogP contribution in [0.25, 0.3) is 0 Å². The molecule has 0 bridgehead atoms. The minimum atomic E-state index is -0.549. The summed E-state index contributed by atoms with van der Waals surface area (Å²) in [6.07, 6.45) is -0.373. The number of benzene rings is 1. The number of cyclic esters (lactones) is 1. The van der Waals surface area contributed by atoms with Gasteiger partial charge in [0, 0.05) is 12.1 Å². The first-order valence-electron chi connectivity index (χ1n) is 7.44. The maximum absolute atomic E-state index is 11.9. The Kier molecular flexibility index (Phi) is 5.20. The van der Waals surface area contributed by atoms with Gasteiger partial charge in [0.2, 0.25) is 5.91 Å². The second-order valence-corrected chi connectivity index (χ2v) is 5.90. The van der Waals surface area contributed by atoms with Crippen LogP contribution in [0, 0.1) is 0 Å². The van der Waals surface area contributed by atoms with E-state index in [4.69, 9.17) is 4.74 Å². The Morgan fingerprint density at radius 1 is 1.22 bits per heavy atom. The number of amides is 3. The van der Waals surface area contributed by atoms with Gasteiger partial charge in [-0.1, -0.05) is 18.2 Å². The molecule has 0 saturated carbocycles. The van der Waals surface area contributed by atoms with Gasteiger partial charge in [-0.3, -0.25) is 14.5 Å². The van der Waals surface area contributed by atoms with E-state index in [1.165, 1.54) is 0 Å². The molecule has 0 aliphatic carbocycles. The zero-order chi connectivity index (χ0) is 16.9. The van der Waals surface area contributed by atoms with Gasteiger partial charge >= 0.3 is 6.09 Å². The van der Waals surface area contributed by atoms with E-state index in [2.05, 4.69) is 10.6 Å². The maximum Gasteiger partial charge on any atom is 0.410 e. The smallest absolute Gasteiger partial charge is 0.410 e. The van der Waals surface area contributed by atoms with Gasteiger partial charge in [-0.2, -0.15) is 0 Å². The van der Waals surface area contributed by atoms with Gasteiger partial charge in [0.1, 0.15) is 6.61 Å². The predicted molar refractivity (Wildman–Crippen MR) is 83.9 cm³/mol. The second-order valence-electron chi connectivity index (χ2n) is 5.90. The lowest BCUT2D eigenvalue weighted by molar-refractivity contribution is -0.120. The molecule has 7 nitrogen and oxygen atoms in total. The van der Waals surface area contributed by atoms with Gasteiger partial charge in [-0.25, -0.2) is 4.79 Å². The first kappa shape index (κ1) is 16.8. The number of hydrogen-bond acceptors (Lipinski definition) is 4. The number of rotatable bonds is 6. The van der Waals surface area contributed by atoms with Crippen molar-refractivity contribution in [3.8, 4) is 0 Å². The molecule has 2 rings (SSSR count). The third-order valence-electron chi connectivity index (χ3n) is 3.66. The molecule has 1 aromatic rings. The summed E-state index contributed by atoms with van der Waals surface area (Å²) in [7, 11) is 0. The number of ether oxygens (including phenoxy) is 1. The first-order valence-corrected chi connectivity index (χ1v) is 7.44. The SMILES string of the molecule is CC(C)(CNC(=O)CNC(=O)c1ccccc1)N1CCOC1=O. The second kappa shape index (κ2) is 7.13. The molecule has 7 heteroatoms. The molecule has 0 atom stereocenters. The lowest BCUT2D eigenvalue weighted by Gasteiger charge is -2.33. The predicted octanol–water partition coefficient (Wildman–Crippen LogP) is 0.763. The molecule has 0 aromatic heterocycles. The van der Waals surface area contributed by atoms with Gasteiger partial charge in [-0.15, -0.1) is 0 Å². The van der Waals surface area contributed by atoms with Gasteiger partial charge in [0.25, 0.3) is 5.91 Å². The lowest BCUT2D eigenvalue weighted by Crippen LogP contribution is -2.53.